The van der Waals surface area contributed by atoms with Crippen LogP contribution in [0, 0.1) is 0 Å². The fraction of sp³-hybridized carbons (Fsp3) is 0.136. The Labute approximate surface area is 178 Å². The second-order valence-corrected chi connectivity index (χ2v) is 6.49. The SMILES string of the molecule is COc1cc(NC(=O)c2ccccc2Cl)c(C(=O)OCc2ccccn2)cc1OC. The first-order valence-corrected chi connectivity index (χ1v) is 9.30. The molecule has 0 saturated heterocycles. The van der Waals surface area contributed by atoms with E-state index >= 15 is 0 Å². The van der Waals surface area contributed by atoms with Gasteiger partial charge in [0.05, 0.1) is 41.8 Å². The molecule has 0 bridgehead atoms. The van der Waals surface area contributed by atoms with Crippen LogP contribution < -0.4 is 14.8 Å². The molecule has 3 rings (SSSR count). The highest BCUT2D eigenvalue weighted by Crippen LogP contribution is 2.34. The summed E-state index contributed by atoms with van der Waals surface area (Å²) in [4.78, 5) is 29.6. The molecule has 1 heterocycles. The van der Waals surface area contributed by atoms with Crippen molar-refractivity contribution in [3.05, 3.63) is 82.6 Å². The second-order valence-electron chi connectivity index (χ2n) is 6.08. The van der Waals surface area contributed by atoms with Gasteiger partial charge in [0.1, 0.15) is 6.61 Å². The molecule has 0 saturated carbocycles. The summed E-state index contributed by atoms with van der Waals surface area (Å²) in [5.74, 6) is -0.478. The molecule has 154 valence electrons. The Morgan fingerprint density at radius 3 is 2.33 bits per heavy atom. The van der Waals surface area contributed by atoms with Crippen molar-refractivity contribution in [2.24, 2.45) is 0 Å². The maximum absolute atomic E-state index is 12.8. The molecule has 0 spiro atoms. The van der Waals surface area contributed by atoms with Crippen LogP contribution in [0.25, 0.3) is 0 Å². The number of ether oxygens (including phenoxy) is 3. The molecule has 1 aromatic heterocycles. The lowest BCUT2D eigenvalue weighted by Gasteiger charge is -2.15. The van der Waals surface area contributed by atoms with E-state index in [1.54, 1.807) is 48.7 Å². The summed E-state index contributed by atoms with van der Waals surface area (Å²) in [6, 6.07) is 14.8. The molecule has 0 fully saturated rings. The normalized spacial score (nSPS) is 10.2. The summed E-state index contributed by atoms with van der Waals surface area (Å²) < 4.78 is 15.9. The van der Waals surface area contributed by atoms with Crippen molar-refractivity contribution < 1.29 is 23.8 Å². The number of methoxy groups -OCH3 is 2. The zero-order valence-electron chi connectivity index (χ0n) is 16.3. The Balaban J connectivity index is 1.91. The van der Waals surface area contributed by atoms with Gasteiger partial charge in [-0.15, -0.1) is 0 Å². The molecular weight excluding hydrogens is 408 g/mol. The monoisotopic (exact) mass is 426 g/mol. The van der Waals surface area contributed by atoms with E-state index in [1.165, 1.54) is 26.4 Å². The number of nitrogens with zero attached hydrogens (tertiary/aromatic N) is 1. The van der Waals surface area contributed by atoms with Gasteiger partial charge < -0.3 is 19.5 Å². The Morgan fingerprint density at radius 2 is 1.67 bits per heavy atom. The minimum Gasteiger partial charge on any atom is -0.493 e. The zero-order chi connectivity index (χ0) is 21.5. The molecule has 0 radical (unpaired) electrons. The second kappa shape index (κ2) is 9.76. The van der Waals surface area contributed by atoms with Crippen LogP contribution in [-0.4, -0.2) is 31.1 Å². The molecule has 1 amide bonds. The summed E-state index contributed by atoms with van der Waals surface area (Å²) in [5.41, 5.74) is 1.15. The molecule has 0 unspecified atom stereocenters. The molecule has 30 heavy (non-hydrogen) atoms. The lowest BCUT2D eigenvalue weighted by atomic mass is 10.1. The van der Waals surface area contributed by atoms with Gasteiger partial charge in [-0.25, -0.2) is 4.79 Å². The van der Waals surface area contributed by atoms with E-state index < -0.39 is 11.9 Å². The average Bonchev–Trinajstić information content (AvgIpc) is 2.78. The standard InChI is InChI=1S/C22H19ClN2O5/c1-28-19-11-16(22(27)30-13-14-7-5-6-10-24-14)18(12-20(19)29-2)25-21(26)15-8-3-4-9-17(15)23/h3-12H,13H2,1-2H3,(H,25,26). The van der Waals surface area contributed by atoms with Crippen molar-refractivity contribution in [3.63, 3.8) is 0 Å². The van der Waals surface area contributed by atoms with Crippen molar-refractivity contribution in [2.75, 3.05) is 19.5 Å². The number of carbonyl (C=O) groups is 2. The van der Waals surface area contributed by atoms with Crippen LogP contribution in [0.15, 0.2) is 60.8 Å². The number of benzene rings is 2. The smallest absolute Gasteiger partial charge is 0.340 e. The Hall–Kier alpha value is -3.58. The highest BCUT2D eigenvalue weighted by Gasteiger charge is 2.21. The predicted molar refractivity (Wildman–Crippen MR) is 112 cm³/mol. The van der Waals surface area contributed by atoms with Gasteiger partial charge >= 0.3 is 5.97 Å². The predicted octanol–water partition coefficient (Wildman–Crippen LogP) is 4.36. The lowest BCUT2D eigenvalue weighted by molar-refractivity contribution is 0.0468. The van der Waals surface area contributed by atoms with Gasteiger partial charge in [-0.2, -0.15) is 0 Å². The molecular formula is C22H19ClN2O5. The number of aromatic nitrogens is 1. The first-order chi connectivity index (χ1) is 14.5. The molecule has 7 nitrogen and oxygen atoms in total. The Morgan fingerprint density at radius 1 is 0.967 bits per heavy atom. The molecule has 8 heteroatoms. The third-order valence-corrected chi connectivity index (χ3v) is 4.52. The minimum absolute atomic E-state index is 0.0219. The van der Waals surface area contributed by atoms with Gasteiger partial charge in [0, 0.05) is 18.3 Å². The summed E-state index contributed by atoms with van der Waals surface area (Å²) in [6.07, 6.45) is 1.61. The van der Waals surface area contributed by atoms with Crippen LogP contribution in [0.2, 0.25) is 5.02 Å². The molecule has 0 aliphatic heterocycles. The number of nitrogens with one attached hydrogen (secondary N) is 1. The van der Waals surface area contributed by atoms with E-state index in [-0.39, 0.29) is 28.4 Å². The fourth-order valence-electron chi connectivity index (χ4n) is 2.69. The number of hydrogen-bond acceptors (Lipinski definition) is 6. The van der Waals surface area contributed by atoms with E-state index in [0.717, 1.165) is 0 Å². The van der Waals surface area contributed by atoms with Crippen molar-refractivity contribution >= 4 is 29.2 Å². The Kier molecular flexibility index (Phi) is 6.87. The minimum atomic E-state index is -0.656. The highest BCUT2D eigenvalue weighted by molar-refractivity contribution is 6.34. The quantitative estimate of drug-likeness (QED) is 0.565. The van der Waals surface area contributed by atoms with E-state index in [1.807, 2.05) is 0 Å². The van der Waals surface area contributed by atoms with Gasteiger partial charge in [-0.3, -0.25) is 9.78 Å². The number of amides is 1. The van der Waals surface area contributed by atoms with Crippen molar-refractivity contribution in [1.82, 2.24) is 4.98 Å². The number of rotatable bonds is 7. The first-order valence-electron chi connectivity index (χ1n) is 8.92. The van der Waals surface area contributed by atoms with Gasteiger partial charge in [0.15, 0.2) is 11.5 Å². The number of pyridine rings is 1. The largest absolute Gasteiger partial charge is 0.493 e. The van der Waals surface area contributed by atoms with Crippen molar-refractivity contribution in [2.45, 2.75) is 6.61 Å². The third-order valence-electron chi connectivity index (χ3n) is 4.19. The third kappa shape index (κ3) is 4.87. The Bertz CT molecular complexity index is 1060. The first kappa shape index (κ1) is 21.1. The maximum Gasteiger partial charge on any atom is 0.340 e. The van der Waals surface area contributed by atoms with Crippen LogP contribution in [0.5, 0.6) is 11.5 Å². The van der Waals surface area contributed by atoms with E-state index in [2.05, 4.69) is 10.3 Å². The summed E-state index contributed by atoms with van der Waals surface area (Å²) in [7, 11) is 2.90. The highest BCUT2D eigenvalue weighted by atomic mass is 35.5. The van der Waals surface area contributed by atoms with E-state index in [4.69, 9.17) is 25.8 Å². The summed E-state index contributed by atoms with van der Waals surface area (Å²) >= 11 is 6.11. The topological polar surface area (TPSA) is 86.8 Å². The fourth-order valence-corrected chi connectivity index (χ4v) is 2.91. The van der Waals surface area contributed by atoms with Crippen LogP contribution in [0.4, 0.5) is 5.69 Å². The number of halogens is 1. The molecule has 2 aromatic carbocycles. The zero-order valence-corrected chi connectivity index (χ0v) is 17.1. The number of anilines is 1. The van der Waals surface area contributed by atoms with E-state index in [0.29, 0.717) is 17.2 Å². The number of hydrogen-bond donors (Lipinski definition) is 1. The van der Waals surface area contributed by atoms with Gasteiger partial charge in [0.2, 0.25) is 0 Å². The van der Waals surface area contributed by atoms with Crippen molar-refractivity contribution in [3.8, 4) is 11.5 Å². The molecule has 0 aliphatic carbocycles. The van der Waals surface area contributed by atoms with Crippen LogP contribution in [-0.2, 0) is 11.3 Å². The lowest BCUT2D eigenvalue weighted by Crippen LogP contribution is -2.17. The molecule has 1 N–H and O–H groups in total. The van der Waals surface area contributed by atoms with Gasteiger partial charge in [-0.1, -0.05) is 29.8 Å². The molecule has 0 atom stereocenters. The van der Waals surface area contributed by atoms with Gasteiger partial charge in [-0.05, 0) is 24.3 Å². The van der Waals surface area contributed by atoms with Crippen molar-refractivity contribution in [1.29, 1.82) is 0 Å². The van der Waals surface area contributed by atoms with E-state index in [9.17, 15) is 9.59 Å². The van der Waals surface area contributed by atoms with Gasteiger partial charge in [0.25, 0.3) is 5.91 Å². The maximum atomic E-state index is 12.8. The average molecular weight is 427 g/mol. The molecule has 3 aromatic rings. The summed E-state index contributed by atoms with van der Waals surface area (Å²) in [6.45, 7) is -0.0219. The number of esters is 1. The summed E-state index contributed by atoms with van der Waals surface area (Å²) in [5, 5.41) is 2.98. The molecule has 0 aliphatic rings. The number of carbonyl (C=O) groups excluding carboxylic acids is 2. The van der Waals surface area contributed by atoms with Crippen LogP contribution in [0.3, 0.4) is 0 Å². The van der Waals surface area contributed by atoms with Crippen LogP contribution in [0.1, 0.15) is 26.4 Å². The van der Waals surface area contributed by atoms with Crippen LogP contribution >= 0.6 is 11.6 Å².